The fourth-order valence-corrected chi connectivity index (χ4v) is 11.1. The molecule has 82 heavy (non-hydrogen) atoms. The van der Waals surface area contributed by atoms with Crippen LogP contribution < -0.4 is 0 Å². The first-order valence-corrected chi connectivity index (χ1v) is 36.6. The van der Waals surface area contributed by atoms with E-state index in [0.717, 1.165) is 83.5 Å². The van der Waals surface area contributed by atoms with Crippen molar-refractivity contribution in [1.82, 2.24) is 0 Å². The summed E-state index contributed by atoms with van der Waals surface area (Å²) >= 11 is 0. The Kier molecular flexibility index (Phi) is 68.6. The molecule has 0 aromatic heterocycles. The molecule has 0 bridgehead atoms. The average molecular weight is 1150 g/mol. The van der Waals surface area contributed by atoms with Crippen LogP contribution in [0.5, 0.6) is 0 Å². The van der Waals surface area contributed by atoms with Gasteiger partial charge in [-0.15, -0.1) is 0 Å². The number of esters is 3. The molecule has 0 saturated heterocycles. The number of hydrogen-bond acceptors (Lipinski definition) is 6. The zero-order valence-electron chi connectivity index (χ0n) is 55.3. The lowest BCUT2D eigenvalue weighted by atomic mass is 10.0. The van der Waals surface area contributed by atoms with Crippen molar-refractivity contribution in [3.8, 4) is 0 Å². The maximum atomic E-state index is 13.0. The standard InChI is InChI=1S/C76H140O6/c1-4-7-10-13-16-19-22-25-28-30-32-34-36-37-38-39-40-42-43-45-48-51-54-57-60-63-66-69-75(78)81-72-73(71-80-74(77)68-65-62-59-56-53-50-47-27-24-21-18-15-12-9-6-3)82-76(79)70-67-64-61-58-55-52-49-46-44-41-35-33-31-29-26-23-20-17-14-11-8-5-2/h9,12,18,21,27,47,53,56,73H,4-8,10-11,13-17,19-20,22-26,28-46,48-52,54-55,57-72H2,1-3H3/b12-9-,21-18-,47-27-,56-53-. The third kappa shape index (κ3) is 68.2. The van der Waals surface area contributed by atoms with Crippen molar-refractivity contribution in [2.45, 2.75) is 406 Å². The number of unbranched alkanes of at least 4 members (excludes halogenated alkanes) is 49. The fourth-order valence-electron chi connectivity index (χ4n) is 11.1. The normalized spacial score (nSPS) is 12.3. The summed E-state index contributed by atoms with van der Waals surface area (Å²) in [7, 11) is 0. The molecular formula is C76H140O6. The summed E-state index contributed by atoms with van der Waals surface area (Å²) < 4.78 is 17.0. The second-order valence-corrected chi connectivity index (χ2v) is 24.8. The zero-order chi connectivity index (χ0) is 59.2. The summed E-state index contributed by atoms with van der Waals surface area (Å²) in [6, 6.07) is 0. The van der Waals surface area contributed by atoms with Crippen molar-refractivity contribution < 1.29 is 28.6 Å². The molecule has 0 heterocycles. The molecule has 6 heteroatoms. The molecule has 480 valence electrons. The van der Waals surface area contributed by atoms with Crippen molar-refractivity contribution in [3.05, 3.63) is 48.6 Å². The lowest BCUT2D eigenvalue weighted by Gasteiger charge is -2.18. The van der Waals surface area contributed by atoms with Crippen molar-refractivity contribution in [1.29, 1.82) is 0 Å². The van der Waals surface area contributed by atoms with Crippen LogP contribution in [0.15, 0.2) is 48.6 Å². The minimum atomic E-state index is -0.789. The lowest BCUT2D eigenvalue weighted by molar-refractivity contribution is -0.167. The monoisotopic (exact) mass is 1150 g/mol. The van der Waals surface area contributed by atoms with Crippen molar-refractivity contribution in [2.24, 2.45) is 0 Å². The van der Waals surface area contributed by atoms with E-state index >= 15 is 0 Å². The van der Waals surface area contributed by atoms with Crippen LogP contribution in [-0.2, 0) is 28.6 Å². The molecule has 0 N–H and O–H groups in total. The number of carbonyl (C=O) groups excluding carboxylic acids is 3. The van der Waals surface area contributed by atoms with Crippen LogP contribution >= 0.6 is 0 Å². The van der Waals surface area contributed by atoms with E-state index in [2.05, 4.69) is 69.4 Å². The Hall–Kier alpha value is -2.63. The fraction of sp³-hybridized carbons (Fsp3) is 0.855. The van der Waals surface area contributed by atoms with E-state index in [1.54, 1.807) is 0 Å². The van der Waals surface area contributed by atoms with Crippen LogP contribution in [0.25, 0.3) is 0 Å². The number of rotatable bonds is 68. The van der Waals surface area contributed by atoms with Crippen molar-refractivity contribution in [2.75, 3.05) is 13.2 Å². The molecule has 0 aliphatic carbocycles. The molecule has 0 radical (unpaired) electrons. The highest BCUT2D eigenvalue weighted by atomic mass is 16.6. The van der Waals surface area contributed by atoms with Crippen LogP contribution in [0.4, 0.5) is 0 Å². The third-order valence-electron chi connectivity index (χ3n) is 16.6. The van der Waals surface area contributed by atoms with Gasteiger partial charge in [0.1, 0.15) is 13.2 Å². The molecule has 0 aromatic rings. The topological polar surface area (TPSA) is 78.9 Å². The Morgan fingerprint density at radius 1 is 0.256 bits per heavy atom. The minimum absolute atomic E-state index is 0.0808. The highest BCUT2D eigenvalue weighted by Gasteiger charge is 2.19. The van der Waals surface area contributed by atoms with E-state index in [1.165, 1.54) is 276 Å². The molecule has 0 aliphatic rings. The maximum Gasteiger partial charge on any atom is 0.306 e. The molecule has 1 atom stereocenters. The second-order valence-electron chi connectivity index (χ2n) is 24.8. The maximum absolute atomic E-state index is 13.0. The number of hydrogen-bond donors (Lipinski definition) is 0. The van der Waals surface area contributed by atoms with Gasteiger partial charge in [0.15, 0.2) is 6.10 Å². The first-order chi connectivity index (χ1) is 40.5. The molecule has 6 nitrogen and oxygen atoms in total. The summed E-state index contributed by atoms with van der Waals surface area (Å²) in [5, 5.41) is 0. The molecule has 0 saturated carbocycles. The third-order valence-corrected chi connectivity index (χ3v) is 16.6. The number of carbonyl (C=O) groups is 3. The summed E-state index contributed by atoms with van der Waals surface area (Å²) in [4.78, 5) is 38.5. The SMILES string of the molecule is CC/C=C\C/C=C\C/C=C\C/C=C\CCCCC(=O)OCC(COC(=O)CCCCCCCCCCCCCCCCCCCCCCCCCCCCC)OC(=O)CCCCCCCCCCCCCCCCCCCCCCCC. The van der Waals surface area contributed by atoms with E-state index in [0.29, 0.717) is 19.3 Å². The molecule has 1 unspecified atom stereocenters. The molecule has 0 rings (SSSR count). The van der Waals surface area contributed by atoms with Gasteiger partial charge in [-0.05, 0) is 57.8 Å². The van der Waals surface area contributed by atoms with Crippen molar-refractivity contribution >= 4 is 17.9 Å². The van der Waals surface area contributed by atoms with Gasteiger partial charge in [-0.3, -0.25) is 14.4 Å². The van der Waals surface area contributed by atoms with Gasteiger partial charge in [-0.25, -0.2) is 0 Å². The predicted octanol–water partition coefficient (Wildman–Crippen LogP) is 25.3. The van der Waals surface area contributed by atoms with E-state index in [-0.39, 0.29) is 31.1 Å². The Balaban J connectivity index is 4.25. The minimum Gasteiger partial charge on any atom is -0.462 e. The lowest BCUT2D eigenvalue weighted by Crippen LogP contribution is -2.30. The first-order valence-electron chi connectivity index (χ1n) is 36.6. The Labute approximate surface area is 511 Å². The quantitative estimate of drug-likeness (QED) is 0.0261. The zero-order valence-corrected chi connectivity index (χ0v) is 55.3. The van der Waals surface area contributed by atoms with Crippen LogP contribution in [0.3, 0.4) is 0 Å². The molecule has 0 aromatic carbocycles. The first kappa shape index (κ1) is 79.4. The Morgan fingerprint density at radius 2 is 0.476 bits per heavy atom. The van der Waals surface area contributed by atoms with Crippen molar-refractivity contribution in [3.63, 3.8) is 0 Å². The van der Waals surface area contributed by atoms with E-state index < -0.39 is 6.10 Å². The molecule has 0 aliphatic heterocycles. The van der Waals surface area contributed by atoms with Crippen LogP contribution in [0, 0.1) is 0 Å². The van der Waals surface area contributed by atoms with Gasteiger partial charge in [0.25, 0.3) is 0 Å². The van der Waals surface area contributed by atoms with Gasteiger partial charge >= 0.3 is 17.9 Å². The number of ether oxygens (including phenoxy) is 3. The van der Waals surface area contributed by atoms with Gasteiger partial charge in [-0.2, -0.15) is 0 Å². The van der Waals surface area contributed by atoms with Gasteiger partial charge < -0.3 is 14.2 Å². The Morgan fingerprint density at radius 3 is 0.744 bits per heavy atom. The summed E-state index contributed by atoms with van der Waals surface area (Å²) in [6.45, 7) is 6.57. The molecule has 0 amide bonds. The van der Waals surface area contributed by atoms with Crippen LogP contribution in [0.1, 0.15) is 400 Å². The van der Waals surface area contributed by atoms with Gasteiger partial charge in [0, 0.05) is 19.3 Å². The molecule has 0 fully saturated rings. The Bertz CT molecular complexity index is 1410. The smallest absolute Gasteiger partial charge is 0.306 e. The number of allylic oxidation sites excluding steroid dienone is 8. The van der Waals surface area contributed by atoms with Gasteiger partial charge in [0.2, 0.25) is 0 Å². The van der Waals surface area contributed by atoms with E-state index in [4.69, 9.17) is 14.2 Å². The van der Waals surface area contributed by atoms with E-state index in [1.807, 2.05) is 0 Å². The van der Waals surface area contributed by atoms with Crippen LogP contribution in [0.2, 0.25) is 0 Å². The predicted molar refractivity (Wildman–Crippen MR) is 358 cm³/mol. The summed E-state index contributed by atoms with van der Waals surface area (Å²) in [6.07, 6.45) is 90.2. The largest absolute Gasteiger partial charge is 0.462 e. The molecule has 0 spiro atoms. The van der Waals surface area contributed by atoms with Gasteiger partial charge in [0.05, 0.1) is 0 Å². The van der Waals surface area contributed by atoms with Gasteiger partial charge in [-0.1, -0.05) is 371 Å². The summed E-state index contributed by atoms with van der Waals surface area (Å²) in [5.41, 5.74) is 0. The second kappa shape index (κ2) is 70.9. The summed E-state index contributed by atoms with van der Waals surface area (Å²) in [5.74, 6) is -0.894. The van der Waals surface area contributed by atoms with Crippen LogP contribution in [-0.4, -0.2) is 37.2 Å². The highest BCUT2D eigenvalue weighted by molar-refractivity contribution is 5.71. The van der Waals surface area contributed by atoms with E-state index in [9.17, 15) is 14.4 Å². The highest BCUT2D eigenvalue weighted by Crippen LogP contribution is 2.19. The average Bonchev–Trinajstić information content (AvgIpc) is 3.48. The molecular weight excluding hydrogens is 1010 g/mol.